The summed E-state index contributed by atoms with van der Waals surface area (Å²) in [5.74, 6) is 1.92. The molecule has 1 aliphatic carbocycles. The molecule has 1 aliphatic rings. The molecule has 1 aromatic heterocycles. The van der Waals surface area contributed by atoms with Crippen LogP contribution >= 0.6 is 0 Å². The van der Waals surface area contributed by atoms with E-state index in [4.69, 9.17) is 0 Å². The molecule has 1 aromatic carbocycles. The number of hydrogen-bond acceptors (Lipinski definition) is 4. The molecule has 0 aliphatic heterocycles. The maximum absolute atomic E-state index is 12.2. The van der Waals surface area contributed by atoms with Crippen LogP contribution in [0.1, 0.15) is 54.9 Å². The van der Waals surface area contributed by atoms with E-state index in [2.05, 4.69) is 39.6 Å². The van der Waals surface area contributed by atoms with Crippen molar-refractivity contribution < 1.29 is 9.90 Å². The molecule has 1 amide bonds. The third kappa shape index (κ3) is 4.49. The Hall–Kier alpha value is -2.21. The molecule has 1 fully saturated rings. The van der Waals surface area contributed by atoms with E-state index in [1.54, 1.807) is 0 Å². The first-order valence-corrected chi connectivity index (χ1v) is 9.47. The van der Waals surface area contributed by atoms with Gasteiger partial charge in [-0.2, -0.15) is 5.10 Å². The van der Waals surface area contributed by atoms with Crippen LogP contribution in [0.3, 0.4) is 0 Å². The van der Waals surface area contributed by atoms with Gasteiger partial charge in [0, 0.05) is 31.2 Å². The van der Waals surface area contributed by atoms with Crippen molar-refractivity contribution in [2.24, 2.45) is 5.92 Å². The molecule has 140 valence electrons. The van der Waals surface area contributed by atoms with Crippen LogP contribution in [0.4, 0.5) is 0 Å². The quantitative estimate of drug-likeness (QED) is 0.710. The SMILES string of the molecule is CCc1nc([C@H]2C[C@H](CNC(=O)CCc3ccccc3C)[C@H](O)C2)n[nH]1. The number of aromatic amines is 1. The average molecular weight is 356 g/mol. The highest BCUT2D eigenvalue weighted by Crippen LogP contribution is 2.36. The van der Waals surface area contributed by atoms with Crippen molar-refractivity contribution in [2.75, 3.05) is 6.54 Å². The highest BCUT2D eigenvalue weighted by Gasteiger charge is 2.35. The molecular formula is C20H28N4O2. The summed E-state index contributed by atoms with van der Waals surface area (Å²) in [6.45, 7) is 4.60. The van der Waals surface area contributed by atoms with Crippen molar-refractivity contribution in [2.45, 2.75) is 58.0 Å². The first kappa shape index (κ1) is 18.6. The zero-order valence-corrected chi connectivity index (χ0v) is 15.5. The van der Waals surface area contributed by atoms with Crippen molar-refractivity contribution >= 4 is 5.91 Å². The Labute approximate surface area is 154 Å². The minimum atomic E-state index is -0.416. The van der Waals surface area contributed by atoms with E-state index in [0.717, 1.165) is 30.9 Å². The van der Waals surface area contributed by atoms with Gasteiger partial charge < -0.3 is 10.4 Å². The summed E-state index contributed by atoms with van der Waals surface area (Å²) in [6, 6.07) is 8.14. The van der Waals surface area contributed by atoms with Crippen LogP contribution in [0.5, 0.6) is 0 Å². The number of aliphatic hydroxyl groups excluding tert-OH is 1. The predicted octanol–water partition coefficient (Wildman–Crippen LogP) is 2.28. The zero-order chi connectivity index (χ0) is 18.5. The van der Waals surface area contributed by atoms with Crippen molar-refractivity contribution in [1.82, 2.24) is 20.5 Å². The van der Waals surface area contributed by atoms with Gasteiger partial charge in [-0.05, 0) is 37.3 Å². The molecule has 0 spiro atoms. The number of rotatable bonds is 7. The molecule has 3 atom stereocenters. The standard InChI is InChI=1S/C20H28N4O2/c1-3-18-22-20(24-23-18)15-10-16(17(25)11-15)12-21-19(26)9-8-14-7-5-4-6-13(14)2/h4-7,15-17,25H,3,8-12H2,1-2H3,(H,21,26)(H,22,23,24)/t15-,16+,17+/m0/s1. The number of H-pyrrole nitrogens is 1. The molecule has 6 heteroatoms. The lowest BCUT2D eigenvalue weighted by molar-refractivity contribution is -0.121. The maximum atomic E-state index is 12.2. The van der Waals surface area contributed by atoms with Crippen LogP contribution in [0.25, 0.3) is 0 Å². The molecule has 6 nitrogen and oxygen atoms in total. The lowest BCUT2D eigenvalue weighted by Crippen LogP contribution is -2.32. The van der Waals surface area contributed by atoms with Gasteiger partial charge in [-0.1, -0.05) is 31.2 Å². The van der Waals surface area contributed by atoms with Crippen LogP contribution < -0.4 is 5.32 Å². The minimum Gasteiger partial charge on any atom is -0.393 e. The highest BCUT2D eigenvalue weighted by atomic mass is 16.3. The fourth-order valence-corrected chi connectivity index (χ4v) is 3.66. The Morgan fingerprint density at radius 3 is 2.88 bits per heavy atom. The Morgan fingerprint density at radius 2 is 2.15 bits per heavy atom. The van der Waals surface area contributed by atoms with Gasteiger partial charge >= 0.3 is 0 Å². The Kier molecular flexibility index (Phi) is 6.04. The Balaban J connectivity index is 1.45. The van der Waals surface area contributed by atoms with Gasteiger partial charge in [0.1, 0.15) is 5.82 Å². The summed E-state index contributed by atoms with van der Waals surface area (Å²) in [5.41, 5.74) is 2.42. The fourth-order valence-electron chi connectivity index (χ4n) is 3.66. The first-order chi connectivity index (χ1) is 12.6. The van der Waals surface area contributed by atoms with Gasteiger partial charge in [-0.25, -0.2) is 4.98 Å². The number of nitrogens with one attached hydrogen (secondary N) is 2. The molecule has 0 radical (unpaired) electrons. The Bertz CT molecular complexity index is 743. The zero-order valence-electron chi connectivity index (χ0n) is 15.5. The summed E-state index contributed by atoms with van der Waals surface area (Å²) in [6.07, 6.45) is 3.08. The van der Waals surface area contributed by atoms with Gasteiger partial charge in [-0.3, -0.25) is 9.89 Å². The second-order valence-electron chi connectivity index (χ2n) is 7.22. The molecule has 26 heavy (non-hydrogen) atoms. The van der Waals surface area contributed by atoms with E-state index in [1.165, 1.54) is 11.1 Å². The van der Waals surface area contributed by atoms with Gasteiger partial charge in [0.25, 0.3) is 0 Å². The fraction of sp³-hybridized carbons (Fsp3) is 0.550. The summed E-state index contributed by atoms with van der Waals surface area (Å²) in [7, 11) is 0. The maximum Gasteiger partial charge on any atom is 0.220 e. The molecule has 0 saturated heterocycles. The van der Waals surface area contributed by atoms with E-state index >= 15 is 0 Å². The van der Waals surface area contributed by atoms with Gasteiger partial charge in [0.15, 0.2) is 5.82 Å². The van der Waals surface area contributed by atoms with Gasteiger partial charge in [-0.15, -0.1) is 0 Å². The molecule has 0 unspecified atom stereocenters. The number of benzene rings is 1. The Morgan fingerprint density at radius 1 is 1.35 bits per heavy atom. The van der Waals surface area contributed by atoms with Crippen LogP contribution in [0.15, 0.2) is 24.3 Å². The summed E-state index contributed by atoms with van der Waals surface area (Å²) in [4.78, 5) is 16.6. The minimum absolute atomic E-state index is 0.0371. The summed E-state index contributed by atoms with van der Waals surface area (Å²) >= 11 is 0. The monoisotopic (exact) mass is 356 g/mol. The number of carbonyl (C=O) groups excluding carboxylic acids is 1. The van der Waals surface area contributed by atoms with Crippen LogP contribution in [-0.2, 0) is 17.6 Å². The molecule has 0 bridgehead atoms. The van der Waals surface area contributed by atoms with E-state index < -0.39 is 6.10 Å². The number of aryl methyl sites for hydroxylation is 3. The average Bonchev–Trinajstić information content (AvgIpc) is 3.25. The number of carbonyl (C=O) groups is 1. The molecule has 3 N–H and O–H groups in total. The number of nitrogens with zero attached hydrogens (tertiary/aromatic N) is 2. The second kappa shape index (κ2) is 8.45. The third-order valence-electron chi connectivity index (χ3n) is 5.35. The largest absolute Gasteiger partial charge is 0.393 e. The van der Waals surface area contributed by atoms with Crippen molar-refractivity contribution in [3.05, 3.63) is 47.0 Å². The number of aliphatic hydroxyl groups is 1. The lowest BCUT2D eigenvalue weighted by atomic mass is 10.0. The van der Waals surface area contributed by atoms with E-state index in [9.17, 15) is 9.90 Å². The molecule has 1 heterocycles. The molecule has 3 rings (SSSR count). The normalized spacial score (nSPS) is 22.5. The first-order valence-electron chi connectivity index (χ1n) is 9.47. The van der Waals surface area contributed by atoms with Crippen LogP contribution in [0.2, 0.25) is 0 Å². The summed E-state index contributed by atoms with van der Waals surface area (Å²) < 4.78 is 0. The van der Waals surface area contributed by atoms with Gasteiger partial charge in [0.2, 0.25) is 5.91 Å². The molecule has 2 aromatic rings. The predicted molar refractivity (Wildman–Crippen MR) is 99.7 cm³/mol. The van der Waals surface area contributed by atoms with E-state index in [-0.39, 0.29) is 17.7 Å². The summed E-state index contributed by atoms with van der Waals surface area (Å²) in [5, 5.41) is 20.5. The van der Waals surface area contributed by atoms with E-state index in [1.807, 2.05) is 19.1 Å². The van der Waals surface area contributed by atoms with Gasteiger partial charge in [0.05, 0.1) is 6.10 Å². The van der Waals surface area contributed by atoms with Crippen LogP contribution in [0, 0.1) is 12.8 Å². The topological polar surface area (TPSA) is 90.9 Å². The third-order valence-corrected chi connectivity index (χ3v) is 5.35. The second-order valence-corrected chi connectivity index (χ2v) is 7.22. The molecular weight excluding hydrogens is 328 g/mol. The van der Waals surface area contributed by atoms with Crippen LogP contribution in [-0.4, -0.2) is 38.8 Å². The molecule has 1 saturated carbocycles. The highest BCUT2D eigenvalue weighted by molar-refractivity contribution is 5.76. The van der Waals surface area contributed by atoms with Crippen molar-refractivity contribution in [1.29, 1.82) is 0 Å². The van der Waals surface area contributed by atoms with Crippen molar-refractivity contribution in [3.63, 3.8) is 0 Å². The van der Waals surface area contributed by atoms with Crippen molar-refractivity contribution in [3.8, 4) is 0 Å². The lowest BCUT2D eigenvalue weighted by Gasteiger charge is -2.15. The smallest absolute Gasteiger partial charge is 0.220 e. The number of amides is 1. The van der Waals surface area contributed by atoms with E-state index in [0.29, 0.717) is 19.4 Å². The number of aromatic nitrogens is 3. The number of hydrogen-bond donors (Lipinski definition) is 3.